The standard InChI is InChI=1S/C15H22F3N5O.HI/c1-19-14(23-10-11-4-3-9-24-11)22-8-7-21-13-12(15(16,17)18)5-2-6-20-13;/h2,5-6,11H,3-4,7-10H2,1H3,(H,20,21)(H2,19,22,23);1H. The predicted molar refractivity (Wildman–Crippen MR) is 101 cm³/mol. The molecule has 10 heteroatoms. The molecule has 1 aromatic heterocycles. The highest BCUT2D eigenvalue weighted by atomic mass is 127. The quantitative estimate of drug-likeness (QED) is 0.257. The van der Waals surface area contributed by atoms with Crippen LogP contribution in [0.3, 0.4) is 0 Å². The number of nitrogens with zero attached hydrogens (tertiary/aromatic N) is 2. The fourth-order valence-corrected chi connectivity index (χ4v) is 2.37. The molecule has 142 valence electrons. The minimum atomic E-state index is -4.43. The molecular formula is C15H23F3IN5O. The lowest BCUT2D eigenvalue weighted by molar-refractivity contribution is -0.137. The van der Waals surface area contributed by atoms with Crippen LogP contribution in [-0.2, 0) is 10.9 Å². The normalized spacial score (nSPS) is 17.8. The maximum absolute atomic E-state index is 12.9. The lowest BCUT2D eigenvalue weighted by Gasteiger charge is -2.16. The summed E-state index contributed by atoms with van der Waals surface area (Å²) in [5.41, 5.74) is -0.772. The van der Waals surface area contributed by atoms with Crippen molar-refractivity contribution in [3.8, 4) is 0 Å². The number of rotatable bonds is 6. The van der Waals surface area contributed by atoms with Crippen LogP contribution < -0.4 is 16.0 Å². The minimum absolute atomic E-state index is 0. The van der Waals surface area contributed by atoms with Crippen molar-refractivity contribution in [3.05, 3.63) is 23.9 Å². The third-order valence-corrected chi connectivity index (χ3v) is 3.57. The summed E-state index contributed by atoms with van der Waals surface area (Å²) in [5.74, 6) is 0.415. The second kappa shape index (κ2) is 10.6. The molecule has 1 unspecified atom stereocenters. The SMILES string of the molecule is CN=C(NCCNc1ncccc1C(F)(F)F)NCC1CCCO1.I. The summed E-state index contributed by atoms with van der Waals surface area (Å²) in [5, 5.41) is 8.87. The van der Waals surface area contributed by atoms with Crippen molar-refractivity contribution in [3.63, 3.8) is 0 Å². The summed E-state index contributed by atoms with van der Waals surface area (Å²) in [4.78, 5) is 7.82. The first-order chi connectivity index (χ1) is 11.5. The fraction of sp³-hybridized carbons (Fsp3) is 0.600. The van der Waals surface area contributed by atoms with Crippen molar-refractivity contribution in [1.82, 2.24) is 15.6 Å². The van der Waals surface area contributed by atoms with Gasteiger partial charge in [-0.2, -0.15) is 13.2 Å². The monoisotopic (exact) mass is 473 g/mol. The van der Waals surface area contributed by atoms with Crippen molar-refractivity contribution in [1.29, 1.82) is 0 Å². The van der Waals surface area contributed by atoms with Gasteiger partial charge in [0.2, 0.25) is 0 Å². The second-order valence-electron chi connectivity index (χ2n) is 5.34. The molecule has 0 bridgehead atoms. The average molecular weight is 473 g/mol. The van der Waals surface area contributed by atoms with Gasteiger partial charge in [0.1, 0.15) is 5.82 Å². The van der Waals surface area contributed by atoms with E-state index in [0.717, 1.165) is 25.5 Å². The Morgan fingerprint density at radius 1 is 1.36 bits per heavy atom. The van der Waals surface area contributed by atoms with Gasteiger partial charge < -0.3 is 20.7 Å². The Morgan fingerprint density at radius 3 is 2.80 bits per heavy atom. The molecule has 25 heavy (non-hydrogen) atoms. The van der Waals surface area contributed by atoms with E-state index in [-0.39, 0.29) is 42.4 Å². The van der Waals surface area contributed by atoms with Crippen molar-refractivity contribution in [2.24, 2.45) is 4.99 Å². The van der Waals surface area contributed by atoms with Gasteiger partial charge in [-0.1, -0.05) is 0 Å². The zero-order valence-electron chi connectivity index (χ0n) is 13.9. The van der Waals surface area contributed by atoms with Crippen LogP contribution in [0.5, 0.6) is 0 Å². The molecular weight excluding hydrogens is 450 g/mol. The van der Waals surface area contributed by atoms with Gasteiger partial charge in [0.05, 0.1) is 11.7 Å². The van der Waals surface area contributed by atoms with Crippen molar-refractivity contribution in [2.75, 3.05) is 38.6 Å². The molecule has 1 saturated heterocycles. The molecule has 0 radical (unpaired) electrons. The second-order valence-corrected chi connectivity index (χ2v) is 5.34. The average Bonchev–Trinajstić information content (AvgIpc) is 3.07. The lowest BCUT2D eigenvalue weighted by Crippen LogP contribution is -2.42. The van der Waals surface area contributed by atoms with Crippen LogP contribution in [0.15, 0.2) is 23.3 Å². The summed E-state index contributed by atoms with van der Waals surface area (Å²) in [7, 11) is 1.64. The zero-order valence-corrected chi connectivity index (χ0v) is 16.2. The Balaban J connectivity index is 0.00000312. The lowest BCUT2D eigenvalue weighted by atomic mass is 10.2. The molecule has 1 aliphatic rings. The van der Waals surface area contributed by atoms with Gasteiger partial charge in [-0.25, -0.2) is 4.98 Å². The molecule has 6 nitrogen and oxygen atoms in total. The van der Waals surface area contributed by atoms with E-state index in [2.05, 4.69) is 25.9 Å². The maximum Gasteiger partial charge on any atom is 0.419 e. The summed E-state index contributed by atoms with van der Waals surface area (Å²) in [6, 6.07) is 2.27. The van der Waals surface area contributed by atoms with Crippen LogP contribution in [0.2, 0.25) is 0 Å². The smallest absolute Gasteiger partial charge is 0.376 e. The van der Waals surface area contributed by atoms with Crippen LogP contribution in [0.4, 0.5) is 19.0 Å². The predicted octanol–water partition coefficient (Wildman–Crippen LogP) is 2.47. The van der Waals surface area contributed by atoms with Crippen molar-refractivity contribution >= 4 is 35.8 Å². The minimum Gasteiger partial charge on any atom is -0.376 e. The number of halogens is 4. The molecule has 3 N–H and O–H groups in total. The molecule has 0 saturated carbocycles. The van der Waals surface area contributed by atoms with E-state index in [1.54, 1.807) is 7.05 Å². The third-order valence-electron chi connectivity index (χ3n) is 3.57. The summed E-state index contributed by atoms with van der Waals surface area (Å²) < 4.78 is 44.1. The van der Waals surface area contributed by atoms with Crippen molar-refractivity contribution < 1.29 is 17.9 Å². The first-order valence-corrected chi connectivity index (χ1v) is 7.83. The number of aliphatic imine (C=N–C) groups is 1. The van der Waals surface area contributed by atoms with E-state index in [9.17, 15) is 13.2 Å². The van der Waals surface area contributed by atoms with Crippen LogP contribution in [-0.4, -0.2) is 50.3 Å². The number of hydrogen-bond donors (Lipinski definition) is 3. The molecule has 2 heterocycles. The molecule has 1 fully saturated rings. The van der Waals surface area contributed by atoms with Crippen LogP contribution in [0.25, 0.3) is 0 Å². The summed E-state index contributed by atoms with van der Waals surface area (Å²) >= 11 is 0. The summed E-state index contributed by atoms with van der Waals surface area (Å²) in [6.07, 6.45) is -0.834. The van der Waals surface area contributed by atoms with Crippen LogP contribution in [0, 0.1) is 0 Å². The van der Waals surface area contributed by atoms with E-state index in [0.29, 0.717) is 19.0 Å². The molecule has 1 aromatic rings. The fourth-order valence-electron chi connectivity index (χ4n) is 2.37. The Labute approximate surface area is 162 Å². The van der Waals surface area contributed by atoms with Gasteiger partial charge in [0.25, 0.3) is 0 Å². The number of guanidine groups is 1. The first kappa shape index (κ1) is 21.7. The van der Waals surface area contributed by atoms with E-state index in [4.69, 9.17) is 4.74 Å². The number of alkyl halides is 3. The van der Waals surface area contributed by atoms with E-state index < -0.39 is 11.7 Å². The van der Waals surface area contributed by atoms with Crippen LogP contribution >= 0.6 is 24.0 Å². The molecule has 0 amide bonds. The number of hydrogen-bond acceptors (Lipinski definition) is 4. The Hall–Kier alpha value is -1.30. The number of ether oxygens (including phenoxy) is 1. The highest BCUT2D eigenvalue weighted by Crippen LogP contribution is 2.33. The van der Waals surface area contributed by atoms with Gasteiger partial charge >= 0.3 is 6.18 Å². The maximum atomic E-state index is 12.9. The number of pyridine rings is 1. The molecule has 0 aliphatic carbocycles. The number of anilines is 1. The van der Waals surface area contributed by atoms with Gasteiger partial charge in [-0.15, -0.1) is 24.0 Å². The number of nitrogens with one attached hydrogen (secondary N) is 3. The zero-order chi connectivity index (χ0) is 17.4. The topological polar surface area (TPSA) is 70.6 Å². The highest BCUT2D eigenvalue weighted by molar-refractivity contribution is 14.0. The summed E-state index contributed by atoms with van der Waals surface area (Å²) in [6.45, 7) is 2.12. The molecule has 0 aromatic carbocycles. The van der Waals surface area contributed by atoms with Crippen LogP contribution in [0.1, 0.15) is 18.4 Å². The third kappa shape index (κ3) is 7.22. The molecule has 1 aliphatic heterocycles. The van der Waals surface area contributed by atoms with Gasteiger partial charge in [0.15, 0.2) is 5.96 Å². The molecule has 1 atom stereocenters. The van der Waals surface area contributed by atoms with Gasteiger partial charge in [0, 0.05) is 39.5 Å². The van der Waals surface area contributed by atoms with E-state index in [1.807, 2.05) is 0 Å². The highest BCUT2D eigenvalue weighted by Gasteiger charge is 2.33. The van der Waals surface area contributed by atoms with Gasteiger partial charge in [-0.3, -0.25) is 4.99 Å². The molecule has 0 spiro atoms. The van der Waals surface area contributed by atoms with E-state index >= 15 is 0 Å². The Kier molecular flexibility index (Phi) is 9.25. The van der Waals surface area contributed by atoms with Crippen molar-refractivity contribution in [2.45, 2.75) is 25.1 Å². The number of aromatic nitrogens is 1. The molecule has 2 rings (SSSR count). The first-order valence-electron chi connectivity index (χ1n) is 7.83. The largest absolute Gasteiger partial charge is 0.419 e. The Bertz CT molecular complexity index is 550. The van der Waals surface area contributed by atoms with Gasteiger partial charge in [-0.05, 0) is 25.0 Å². The Morgan fingerprint density at radius 2 is 2.16 bits per heavy atom. The van der Waals surface area contributed by atoms with E-state index in [1.165, 1.54) is 12.3 Å².